The fourth-order valence-electron chi connectivity index (χ4n) is 1.00. The minimum absolute atomic E-state index is 0.644. The second-order valence-corrected chi connectivity index (χ2v) is 3.44. The Morgan fingerprint density at radius 2 is 2.00 bits per heavy atom. The predicted octanol–water partition coefficient (Wildman–Crippen LogP) is 3.16. The van der Waals surface area contributed by atoms with Crippen molar-refractivity contribution in [2.45, 2.75) is 6.61 Å². The van der Waals surface area contributed by atoms with Crippen molar-refractivity contribution < 1.29 is 9.47 Å². The van der Waals surface area contributed by atoms with Crippen LogP contribution >= 0.6 is 22.6 Å². The zero-order valence-corrected chi connectivity index (χ0v) is 10.2. The highest BCUT2D eigenvalue weighted by atomic mass is 127. The molecule has 76 valence electrons. The minimum atomic E-state index is 0.644. The number of hydrogen-bond acceptors (Lipinski definition) is 2. The lowest BCUT2D eigenvalue weighted by atomic mass is 10.2. The molecule has 0 aromatic heterocycles. The van der Waals surface area contributed by atoms with Gasteiger partial charge in [-0.15, -0.1) is 0 Å². The third-order valence-electron chi connectivity index (χ3n) is 1.73. The summed E-state index contributed by atoms with van der Waals surface area (Å²) in [4.78, 5) is 0. The number of halogens is 1. The molecule has 0 N–H and O–H groups in total. The molecule has 2 nitrogen and oxygen atoms in total. The topological polar surface area (TPSA) is 18.5 Å². The van der Waals surface area contributed by atoms with Crippen molar-refractivity contribution in [2.24, 2.45) is 0 Å². The first kappa shape index (κ1) is 11.5. The van der Waals surface area contributed by atoms with Crippen LogP contribution in [0.1, 0.15) is 5.56 Å². The molecule has 0 amide bonds. The van der Waals surface area contributed by atoms with E-state index in [2.05, 4.69) is 22.6 Å². The van der Waals surface area contributed by atoms with E-state index in [-0.39, 0.29) is 0 Å². The molecule has 0 aliphatic carbocycles. The molecule has 0 spiro atoms. The lowest BCUT2D eigenvalue weighted by molar-refractivity contribution is 0.149. The lowest BCUT2D eigenvalue weighted by Gasteiger charge is -2.03. The molecule has 1 aromatic carbocycles. The van der Waals surface area contributed by atoms with Gasteiger partial charge in [-0.05, 0) is 21.8 Å². The summed E-state index contributed by atoms with van der Waals surface area (Å²) in [7, 11) is 1.66. The van der Waals surface area contributed by atoms with E-state index in [4.69, 9.17) is 9.47 Å². The molecule has 1 aromatic rings. The van der Waals surface area contributed by atoms with Gasteiger partial charge in [-0.1, -0.05) is 40.8 Å². The van der Waals surface area contributed by atoms with Gasteiger partial charge in [0.25, 0.3) is 0 Å². The van der Waals surface area contributed by atoms with Crippen LogP contribution in [0.5, 0.6) is 5.75 Å². The summed E-state index contributed by atoms with van der Waals surface area (Å²) in [5.41, 5.74) is 1.16. The van der Waals surface area contributed by atoms with Gasteiger partial charge in [0, 0.05) is 0 Å². The molecule has 1 rings (SSSR count). The smallest absolute Gasteiger partial charge is 0.118 e. The number of benzene rings is 1. The van der Waals surface area contributed by atoms with Gasteiger partial charge in [-0.2, -0.15) is 0 Å². The SMILES string of the molecule is COc1ccc(COC/C=C/I)cc1. The third kappa shape index (κ3) is 4.11. The van der Waals surface area contributed by atoms with Gasteiger partial charge in [0.2, 0.25) is 0 Å². The van der Waals surface area contributed by atoms with Crippen molar-refractivity contribution >= 4 is 22.6 Å². The fourth-order valence-corrected chi connectivity index (χ4v) is 1.21. The molecule has 0 radical (unpaired) electrons. The molecular weight excluding hydrogens is 291 g/mol. The monoisotopic (exact) mass is 304 g/mol. The van der Waals surface area contributed by atoms with E-state index in [0.717, 1.165) is 11.3 Å². The van der Waals surface area contributed by atoms with Crippen LogP contribution in [0.3, 0.4) is 0 Å². The summed E-state index contributed by atoms with van der Waals surface area (Å²) in [6.45, 7) is 1.31. The molecule has 3 heteroatoms. The first-order valence-electron chi connectivity index (χ1n) is 4.32. The standard InChI is InChI=1S/C11H13IO2/c1-13-11-5-3-10(4-6-11)9-14-8-2-7-12/h2-7H,8-9H2,1H3/b7-2+. The highest BCUT2D eigenvalue weighted by molar-refractivity contribution is 14.1. The maximum absolute atomic E-state index is 5.40. The first-order chi connectivity index (χ1) is 6.86. The van der Waals surface area contributed by atoms with Crippen molar-refractivity contribution in [2.75, 3.05) is 13.7 Å². The van der Waals surface area contributed by atoms with Crippen LogP contribution in [0.2, 0.25) is 0 Å². The minimum Gasteiger partial charge on any atom is -0.497 e. The largest absolute Gasteiger partial charge is 0.497 e. The number of ether oxygens (including phenoxy) is 2. The zero-order chi connectivity index (χ0) is 10.2. The molecular formula is C11H13IO2. The van der Waals surface area contributed by atoms with Crippen molar-refractivity contribution in [3.05, 3.63) is 40.0 Å². The van der Waals surface area contributed by atoms with Crippen LogP contribution < -0.4 is 4.74 Å². The van der Waals surface area contributed by atoms with Crippen molar-refractivity contribution in [1.82, 2.24) is 0 Å². The summed E-state index contributed by atoms with van der Waals surface area (Å²) in [5, 5.41) is 0. The Labute approximate surface area is 98.1 Å². The van der Waals surface area contributed by atoms with Gasteiger partial charge in [-0.3, -0.25) is 0 Å². The van der Waals surface area contributed by atoms with Crippen LogP contribution in [0.4, 0.5) is 0 Å². The Bertz CT molecular complexity index is 280. The molecule has 0 saturated carbocycles. The first-order valence-corrected chi connectivity index (χ1v) is 5.57. The number of rotatable bonds is 5. The third-order valence-corrected chi connectivity index (χ3v) is 2.24. The van der Waals surface area contributed by atoms with Gasteiger partial charge in [0.15, 0.2) is 0 Å². The van der Waals surface area contributed by atoms with E-state index in [1.807, 2.05) is 34.4 Å². The highest BCUT2D eigenvalue weighted by Gasteiger charge is 1.93. The molecule has 0 fully saturated rings. The summed E-state index contributed by atoms with van der Waals surface area (Å²) >= 11 is 2.17. The van der Waals surface area contributed by atoms with E-state index in [0.29, 0.717) is 13.2 Å². The molecule has 0 atom stereocenters. The fraction of sp³-hybridized carbons (Fsp3) is 0.273. The second kappa shape index (κ2) is 6.84. The van der Waals surface area contributed by atoms with E-state index in [9.17, 15) is 0 Å². The molecule has 0 unspecified atom stereocenters. The van der Waals surface area contributed by atoms with Crippen LogP contribution in [0.15, 0.2) is 34.4 Å². The summed E-state index contributed by atoms with van der Waals surface area (Å²) in [6, 6.07) is 7.89. The van der Waals surface area contributed by atoms with Gasteiger partial charge in [0.1, 0.15) is 5.75 Å². The van der Waals surface area contributed by atoms with E-state index in [1.165, 1.54) is 0 Å². The second-order valence-electron chi connectivity index (χ2n) is 2.72. The summed E-state index contributed by atoms with van der Waals surface area (Å²) in [6.07, 6.45) is 1.98. The molecule has 0 aliphatic rings. The molecule has 14 heavy (non-hydrogen) atoms. The maximum atomic E-state index is 5.40. The van der Waals surface area contributed by atoms with Gasteiger partial charge >= 0.3 is 0 Å². The van der Waals surface area contributed by atoms with E-state index >= 15 is 0 Å². The lowest BCUT2D eigenvalue weighted by Crippen LogP contribution is -1.92. The van der Waals surface area contributed by atoms with E-state index < -0.39 is 0 Å². The number of methoxy groups -OCH3 is 1. The Kier molecular flexibility index (Phi) is 5.63. The maximum Gasteiger partial charge on any atom is 0.118 e. The van der Waals surface area contributed by atoms with Crippen LogP contribution in [0, 0.1) is 0 Å². The van der Waals surface area contributed by atoms with Crippen molar-refractivity contribution in [3.63, 3.8) is 0 Å². The van der Waals surface area contributed by atoms with Gasteiger partial charge < -0.3 is 9.47 Å². The average molecular weight is 304 g/mol. The molecule has 0 heterocycles. The predicted molar refractivity (Wildman–Crippen MR) is 65.8 cm³/mol. The van der Waals surface area contributed by atoms with Gasteiger partial charge in [0.05, 0.1) is 20.3 Å². The number of hydrogen-bond donors (Lipinski definition) is 0. The van der Waals surface area contributed by atoms with Crippen LogP contribution in [0.25, 0.3) is 0 Å². The average Bonchev–Trinajstić information content (AvgIpc) is 2.25. The van der Waals surface area contributed by atoms with Crippen LogP contribution in [-0.2, 0) is 11.3 Å². The van der Waals surface area contributed by atoms with Gasteiger partial charge in [-0.25, -0.2) is 0 Å². The summed E-state index contributed by atoms with van der Waals surface area (Å²) in [5.74, 6) is 0.876. The molecule has 0 bridgehead atoms. The Hall–Kier alpha value is -0.550. The molecule has 0 saturated heterocycles. The van der Waals surface area contributed by atoms with Crippen molar-refractivity contribution in [3.8, 4) is 5.75 Å². The normalized spacial score (nSPS) is 10.7. The van der Waals surface area contributed by atoms with Crippen LogP contribution in [-0.4, -0.2) is 13.7 Å². The van der Waals surface area contributed by atoms with E-state index in [1.54, 1.807) is 7.11 Å². The molecule has 0 aliphatic heterocycles. The Balaban J connectivity index is 2.36. The Morgan fingerprint density at radius 1 is 1.29 bits per heavy atom. The summed E-state index contributed by atoms with van der Waals surface area (Å²) < 4.78 is 12.4. The quantitative estimate of drug-likeness (QED) is 0.614. The Morgan fingerprint density at radius 3 is 2.57 bits per heavy atom. The zero-order valence-electron chi connectivity index (χ0n) is 8.07. The van der Waals surface area contributed by atoms with Crippen molar-refractivity contribution in [1.29, 1.82) is 0 Å². The highest BCUT2D eigenvalue weighted by Crippen LogP contribution is 2.11.